The van der Waals surface area contributed by atoms with Crippen LogP contribution < -0.4 is 10.6 Å². The smallest absolute Gasteiger partial charge is 0.191 e. The van der Waals surface area contributed by atoms with Crippen LogP contribution in [0.1, 0.15) is 70.3 Å². The van der Waals surface area contributed by atoms with Crippen LogP contribution >= 0.6 is 24.0 Å². The fourth-order valence-electron chi connectivity index (χ4n) is 3.68. The lowest BCUT2D eigenvalue weighted by molar-refractivity contribution is 0.131. The molecule has 1 aromatic heterocycles. The number of aliphatic imine (C=N–C) groups is 1. The third kappa shape index (κ3) is 5.34. The number of nitrogens with zero attached hydrogens (tertiary/aromatic N) is 3. The van der Waals surface area contributed by atoms with Crippen molar-refractivity contribution in [2.45, 2.75) is 72.8 Å². The summed E-state index contributed by atoms with van der Waals surface area (Å²) in [5.41, 5.74) is 4.27. The fourth-order valence-corrected chi connectivity index (χ4v) is 3.68. The highest BCUT2D eigenvalue weighted by Crippen LogP contribution is 2.42. The first kappa shape index (κ1) is 22.3. The van der Waals surface area contributed by atoms with E-state index in [1.807, 2.05) is 11.7 Å². The minimum absolute atomic E-state index is 0. The fraction of sp³-hybridized carbons (Fsp3) is 0.789. The first-order valence-corrected chi connectivity index (χ1v) is 9.64. The molecule has 1 aliphatic rings. The Bertz CT molecular complexity index is 555. The largest absolute Gasteiger partial charge is 0.357 e. The van der Waals surface area contributed by atoms with Crippen LogP contribution in [0.5, 0.6) is 0 Å². The second kappa shape index (κ2) is 10.4. The molecule has 1 heterocycles. The van der Waals surface area contributed by atoms with Gasteiger partial charge >= 0.3 is 0 Å². The summed E-state index contributed by atoms with van der Waals surface area (Å²) in [4.78, 5) is 4.85. The van der Waals surface area contributed by atoms with Crippen LogP contribution in [-0.2, 0) is 26.4 Å². The third-order valence-electron chi connectivity index (χ3n) is 5.56. The van der Waals surface area contributed by atoms with Gasteiger partial charge in [-0.2, -0.15) is 5.10 Å². The summed E-state index contributed by atoms with van der Waals surface area (Å²) in [6.07, 6.45) is 7.27. The van der Waals surface area contributed by atoms with Crippen LogP contribution in [0, 0.1) is 5.41 Å². The molecule has 144 valence electrons. The van der Waals surface area contributed by atoms with Gasteiger partial charge in [0.2, 0.25) is 0 Å². The normalized spacial score (nSPS) is 16.1. The van der Waals surface area contributed by atoms with E-state index in [0.717, 1.165) is 31.9 Å². The highest BCUT2D eigenvalue weighted by Gasteiger charge is 2.34. The SMILES string of the molecule is CCNC(=NCc1c(CC)nn(C)c1CC)NCC1(CC)CCC1.I. The van der Waals surface area contributed by atoms with E-state index >= 15 is 0 Å². The van der Waals surface area contributed by atoms with Gasteiger partial charge in [-0.05, 0) is 44.4 Å². The number of hydrogen-bond donors (Lipinski definition) is 2. The maximum atomic E-state index is 4.85. The molecule has 0 saturated heterocycles. The second-order valence-electron chi connectivity index (χ2n) is 6.96. The first-order chi connectivity index (χ1) is 11.6. The molecule has 1 saturated carbocycles. The molecule has 0 bridgehead atoms. The summed E-state index contributed by atoms with van der Waals surface area (Å²) in [5, 5.41) is 11.6. The molecule has 6 heteroatoms. The predicted octanol–water partition coefficient (Wildman–Crippen LogP) is 3.80. The molecule has 2 N–H and O–H groups in total. The van der Waals surface area contributed by atoms with Crippen LogP contribution in [0.2, 0.25) is 0 Å². The van der Waals surface area contributed by atoms with Gasteiger partial charge in [0.15, 0.2) is 5.96 Å². The Kier molecular flexibility index (Phi) is 9.24. The van der Waals surface area contributed by atoms with Crippen molar-refractivity contribution < 1.29 is 0 Å². The number of aromatic nitrogens is 2. The molecule has 2 rings (SSSR count). The minimum atomic E-state index is 0. The van der Waals surface area contributed by atoms with E-state index in [4.69, 9.17) is 4.99 Å². The molecule has 1 fully saturated rings. The summed E-state index contributed by atoms with van der Waals surface area (Å²) in [7, 11) is 2.04. The average molecular weight is 461 g/mol. The van der Waals surface area contributed by atoms with Gasteiger partial charge in [-0.15, -0.1) is 24.0 Å². The lowest BCUT2D eigenvalue weighted by atomic mass is 9.67. The summed E-state index contributed by atoms with van der Waals surface area (Å²) in [5.74, 6) is 0.935. The Morgan fingerprint density at radius 3 is 2.36 bits per heavy atom. The number of rotatable bonds is 8. The minimum Gasteiger partial charge on any atom is -0.357 e. The van der Waals surface area contributed by atoms with Crippen molar-refractivity contribution in [3.05, 3.63) is 17.0 Å². The highest BCUT2D eigenvalue weighted by molar-refractivity contribution is 14.0. The summed E-state index contributed by atoms with van der Waals surface area (Å²) >= 11 is 0. The number of hydrogen-bond acceptors (Lipinski definition) is 2. The highest BCUT2D eigenvalue weighted by atomic mass is 127. The molecule has 0 amide bonds. The molecule has 0 spiro atoms. The summed E-state index contributed by atoms with van der Waals surface area (Å²) < 4.78 is 2.02. The Hall–Kier alpha value is -0.790. The standard InChI is InChI=1S/C19H35N5.HI/c1-6-16-15(17(7-2)24(5)23-16)13-21-18(20-9-4)22-14-19(8-3)11-10-12-19;/h6-14H2,1-5H3,(H2,20,21,22);1H. The van der Waals surface area contributed by atoms with E-state index in [0.29, 0.717) is 12.0 Å². The van der Waals surface area contributed by atoms with E-state index in [1.54, 1.807) is 0 Å². The van der Waals surface area contributed by atoms with Crippen LogP contribution in [0.25, 0.3) is 0 Å². The van der Waals surface area contributed by atoms with Crippen LogP contribution in [-0.4, -0.2) is 28.8 Å². The van der Waals surface area contributed by atoms with Crippen molar-refractivity contribution in [2.24, 2.45) is 17.5 Å². The first-order valence-electron chi connectivity index (χ1n) is 9.64. The topological polar surface area (TPSA) is 54.2 Å². The van der Waals surface area contributed by atoms with Crippen molar-refractivity contribution >= 4 is 29.9 Å². The van der Waals surface area contributed by atoms with Crippen LogP contribution in [0.15, 0.2) is 4.99 Å². The number of aryl methyl sites for hydroxylation is 2. The number of guanidine groups is 1. The quantitative estimate of drug-likeness (QED) is 0.352. The molecule has 1 aromatic rings. The van der Waals surface area contributed by atoms with E-state index in [2.05, 4.69) is 43.4 Å². The Balaban J connectivity index is 0.00000312. The van der Waals surface area contributed by atoms with Crippen molar-refractivity contribution in [3.63, 3.8) is 0 Å². The van der Waals surface area contributed by atoms with Crippen molar-refractivity contribution in [1.82, 2.24) is 20.4 Å². The van der Waals surface area contributed by atoms with Gasteiger partial charge in [0.05, 0.1) is 12.2 Å². The summed E-state index contributed by atoms with van der Waals surface area (Å²) in [6.45, 7) is 11.4. The van der Waals surface area contributed by atoms with E-state index < -0.39 is 0 Å². The maximum Gasteiger partial charge on any atom is 0.191 e. The van der Waals surface area contributed by atoms with Crippen molar-refractivity contribution in [3.8, 4) is 0 Å². The number of halogens is 1. The van der Waals surface area contributed by atoms with Crippen molar-refractivity contribution in [1.29, 1.82) is 0 Å². The Morgan fingerprint density at radius 1 is 1.16 bits per heavy atom. The zero-order valence-electron chi connectivity index (χ0n) is 16.6. The number of nitrogens with one attached hydrogen (secondary N) is 2. The van der Waals surface area contributed by atoms with E-state index in [-0.39, 0.29) is 24.0 Å². The molecule has 0 atom stereocenters. The monoisotopic (exact) mass is 461 g/mol. The second-order valence-corrected chi connectivity index (χ2v) is 6.96. The van der Waals surface area contributed by atoms with Crippen LogP contribution in [0.4, 0.5) is 0 Å². The lowest BCUT2D eigenvalue weighted by Crippen LogP contribution is -2.46. The van der Waals surface area contributed by atoms with E-state index in [1.165, 1.54) is 42.6 Å². The average Bonchev–Trinajstić information content (AvgIpc) is 2.86. The van der Waals surface area contributed by atoms with Gasteiger partial charge in [0.1, 0.15) is 0 Å². The lowest BCUT2D eigenvalue weighted by Gasteiger charge is -2.41. The van der Waals surface area contributed by atoms with E-state index in [9.17, 15) is 0 Å². The zero-order valence-corrected chi connectivity index (χ0v) is 18.9. The molecule has 0 unspecified atom stereocenters. The molecule has 0 aromatic carbocycles. The summed E-state index contributed by atoms with van der Waals surface area (Å²) in [6, 6.07) is 0. The molecule has 5 nitrogen and oxygen atoms in total. The van der Waals surface area contributed by atoms with Crippen LogP contribution in [0.3, 0.4) is 0 Å². The molecular formula is C19H36IN5. The molecule has 25 heavy (non-hydrogen) atoms. The van der Waals surface area contributed by atoms with Gasteiger partial charge in [0.25, 0.3) is 0 Å². The van der Waals surface area contributed by atoms with Crippen molar-refractivity contribution in [2.75, 3.05) is 13.1 Å². The molecule has 0 radical (unpaired) electrons. The van der Waals surface area contributed by atoms with Gasteiger partial charge < -0.3 is 10.6 Å². The molecule has 0 aliphatic heterocycles. The Morgan fingerprint density at radius 2 is 1.88 bits per heavy atom. The molecular weight excluding hydrogens is 425 g/mol. The third-order valence-corrected chi connectivity index (χ3v) is 5.56. The predicted molar refractivity (Wildman–Crippen MR) is 117 cm³/mol. The zero-order chi connectivity index (χ0) is 17.6. The maximum absolute atomic E-state index is 4.85. The molecule has 1 aliphatic carbocycles. The Labute approximate surface area is 170 Å². The van der Waals surface area contributed by atoms with Gasteiger partial charge in [0, 0.05) is 31.4 Å². The van der Waals surface area contributed by atoms with Gasteiger partial charge in [-0.1, -0.05) is 27.2 Å². The van der Waals surface area contributed by atoms with Gasteiger partial charge in [-0.3, -0.25) is 4.68 Å². The van der Waals surface area contributed by atoms with Gasteiger partial charge in [-0.25, -0.2) is 4.99 Å².